The van der Waals surface area contributed by atoms with Crippen LogP contribution in [0.5, 0.6) is 0 Å². The Morgan fingerprint density at radius 2 is 1.74 bits per heavy atom. The van der Waals surface area contributed by atoms with Crippen molar-refractivity contribution in [1.82, 2.24) is 0 Å². The molecule has 1 amide bonds. The van der Waals surface area contributed by atoms with E-state index in [9.17, 15) is 9.18 Å². The molecule has 0 aliphatic heterocycles. The van der Waals surface area contributed by atoms with Gasteiger partial charge in [0.25, 0.3) is 5.91 Å². The van der Waals surface area contributed by atoms with Gasteiger partial charge in [-0.15, -0.1) is 23.1 Å². The molecular formula is C31H37FN4OS2. The number of benzene rings is 3. The van der Waals surface area contributed by atoms with Crippen LogP contribution in [0.15, 0.2) is 77.1 Å². The standard InChI is InChI=1S/C27H25FN4OS2.2C2H6/c1-17-12-25(24(30-2)14-21(17)28)31-16-34-15-18-5-7-19(8-6-18)27(33)32-23-13-20(9-10-22(23)29)26-4-3-11-35-26;2*1-2/h3-14,31H,2,15-16,29H2,1H3,(H,32,33);2*1-2H3. The number of hydrogen-bond acceptors (Lipinski definition) is 6. The number of nitrogens with zero attached hydrogens (tertiary/aromatic N) is 1. The summed E-state index contributed by atoms with van der Waals surface area (Å²) in [5.74, 6) is 0.863. The maximum absolute atomic E-state index is 13.7. The maximum atomic E-state index is 13.7. The average Bonchev–Trinajstić information content (AvgIpc) is 3.51. The van der Waals surface area contributed by atoms with Gasteiger partial charge in [-0.1, -0.05) is 52.0 Å². The number of carbonyl (C=O) groups excluding carboxylic acids is 1. The van der Waals surface area contributed by atoms with E-state index in [1.807, 2.05) is 69.5 Å². The number of halogens is 1. The van der Waals surface area contributed by atoms with Crippen molar-refractivity contribution in [3.05, 3.63) is 94.6 Å². The van der Waals surface area contributed by atoms with Gasteiger partial charge in [0.2, 0.25) is 0 Å². The Balaban J connectivity index is 0.00000127. The third kappa shape index (κ3) is 8.97. The molecule has 0 saturated heterocycles. The summed E-state index contributed by atoms with van der Waals surface area (Å²) in [4.78, 5) is 17.8. The lowest BCUT2D eigenvalue weighted by Gasteiger charge is -2.11. The zero-order valence-electron chi connectivity index (χ0n) is 23.2. The molecule has 0 radical (unpaired) electrons. The van der Waals surface area contributed by atoms with E-state index in [1.165, 1.54) is 6.07 Å². The van der Waals surface area contributed by atoms with Gasteiger partial charge in [-0.25, -0.2) is 4.39 Å². The molecule has 206 valence electrons. The molecule has 0 saturated carbocycles. The van der Waals surface area contributed by atoms with Crippen molar-refractivity contribution < 1.29 is 9.18 Å². The number of hydrogen-bond donors (Lipinski definition) is 3. The molecule has 0 spiro atoms. The quantitative estimate of drug-likeness (QED) is 0.0819. The summed E-state index contributed by atoms with van der Waals surface area (Å²) >= 11 is 3.30. The Bertz CT molecular complexity index is 1340. The second-order valence-electron chi connectivity index (χ2n) is 7.88. The topological polar surface area (TPSA) is 79.5 Å². The maximum Gasteiger partial charge on any atom is 0.255 e. The first-order valence-corrected chi connectivity index (χ1v) is 14.9. The van der Waals surface area contributed by atoms with Gasteiger partial charge < -0.3 is 16.4 Å². The predicted molar refractivity (Wildman–Crippen MR) is 171 cm³/mol. The van der Waals surface area contributed by atoms with Crippen LogP contribution >= 0.6 is 23.1 Å². The van der Waals surface area contributed by atoms with Crippen molar-refractivity contribution in [3.63, 3.8) is 0 Å². The number of aryl methyl sites for hydroxylation is 1. The van der Waals surface area contributed by atoms with Crippen molar-refractivity contribution in [2.45, 2.75) is 40.4 Å². The second-order valence-corrected chi connectivity index (χ2v) is 9.81. The zero-order valence-corrected chi connectivity index (χ0v) is 24.8. The van der Waals surface area contributed by atoms with E-state index in [0.717, 1.165) is 27.4 Å². The lowest BCUT2D eigenvalue weighted by Crippen LogP contribution is -2.13. The highest BCUT2D eigenvalue weighted by molar-refractivity contribution is 7.98. The molecule has 39 heavy (non-hydrogen) atoms. The summed E-state index contributed by atoms with van der Waals surface area (Å²) in [6.07, 6.45) is 0. The van der Waals surface area contributed by atoms with Crippen LogP contribution in [0.1, 0.15) is 49.2 Å². The first kappa shape index (κ1) is 31.6. The summed E-state index contributed by atoms with van der Waals surface area (Å²) in [6, 6.07) is 20.3. The smallest absolute Gasteiger partial charge is 0.255 e. The van der Waals surface area contributed by atoms with E-state index in [2.05, 4.69) is 22.3 Å². The van der Waals surface area contributed by atoms with Crippen LogP contribution in [0, 0.1) is 12.7 Å². The van der Waals surface area contributed by atoms with Gasteiger partial charge >= 0.3 is 0 Å². The average molecular weight is 565 g/mol. The largest absolute Gasteiger partial charge is 0.397 e. The van der Waals surface area contributed by atoms with Crippen LogP contribution in [0.2, 0.25) is 0 Å². The van der Waals surface area contributed by atoms with Gasteiger partial charge in [0.1, 0.15) is 5.82 Å². The van der Waals surface area contributed by atoms with Crippen molar-refractivity contribution in [2.24, 2.45) is 4.99 Å². The molecule has 0 fully saturated rings. The van der Waals surface area contributed by atoms with Crippen molar-refractivity contribution in [3.8, 4) is 10.4 Å². The van der Waals surface area contributed by atoms with Gasteiger partial charge in [-0.2, -0.15) is 0 Å². The van der Waals surface area contributed by atoms with Gasteiger partial charge in [0.15, 0.2) is 0 Å². The molecule has 1 heterocycles. The summed E-state index contributed by atoms with van der Waals surface area (Å²) in [5.41, 5.74) is 11.7. The Kier molecular flexibility index (Phi) is 13.3. The highest BCUT2D eigenvalue weighted by Crippen LogP contribution is 2.31. The van der Waals surface area contributed by atoms with Crippen LogP contribution in [-0.4, -0.2) is 18.5 Å². The number of rotatable bonds is 9. The van der Waals surface area contributed by atoms with Gasteiger partial charge in [-0.3, -0.25) is 9.79 Å². The van der Waals surface area contributed by atoms with E-state index in [4.69, 9.17) is 5.73 Å². The second kappa shape index (κ2) is 16.4. The van der Waals surface area contributed by atoms with Crippen LogP contribution in [-0.2, 0) is 5.75 Å². The molecule has 0 aliphatic carbocycles. The van der Waals surface area contributed by atoms with Crippen LogP contribution in [0.25, 0.3) is 10.4 Å². The number of thiophene rings is 1. The molecule has 4 aromatic rings. The highest BCUT2D eigenvalue weighted by Gasteiger charge is 2.11. The first-order chi connectivity index (χ1) is 18.9. The zero-order chi connectivity index (χ0) is 28.8. The third-order valence-corrected chi connectivity index (χ3v) is 7.21. The molecule has 8 heteroatoms. The summed E-state index contributed by atoms with van der Waals surface area (Å²) in [6.45, 7) is 13.2. The van der Waals surface area contributed by atoms with E-state index in [-0.39, 0.29) is 11.7 Å². The number of nitrogens with one attached hydrogen (secondary N) is 2. The fourth-order valence-electron chi connectivity index (χ4n) is 3.45. The number of thioether (sulfide) groups is 1. The van der Waals surface area contributed by atoms with Crippen molar-refractivity contribution in [2.75, 3.05) is 22.2 Å². The Morgan fingerprint density at radius 3 is 2.38 bits per heavy atom. The molecule has 0 unspecified atom stereocenters. The minimum atomic E-state index is -0.298. The fraction of sp³-hybridized carbons (Fsp3) is 0.226. The predicted octanol–water partition coefficient (Wildman–Crippen LogP) is 9.38. The molecule has 0 atom stereocenters. The van der Waals surface area contributed by atoms with E-state index in [1.54, 1.807) is 54.3 Å². The number of nitrogen functional groups attached to an aromatic ring is 1. The number of aliphatic imine (C=N–C) groups is 1. The normalized spacial score (nSPS) is 9.90. The van der Waals surface area contributed by atoms with Gasteiger partial charge in [-0.05, 0) is 72.1 Å². The van der Waals surface area contributed by atoms with E-state index >= 15 is 0 Å². The molecule has 1 aromatic heterocycles. The Labute approximate surface area is 239 Å². The SMILES string of the molecule is C=Nc1cc(F)c(C)cc1NCSCc1ccc(C(=O)Nc2cc(-c3cccs3)ccc2N)cc1.CC.CC. The molecule has 3 aromatic carbocycles. The van der Waals surface area contributed by atoms with Gasteiger partial charge in [0.05, 0.1) is 28.6 Å². The van der Waals surface area contributed by atoms with E-state index in [0.29, 0.717) is 34.1 Å². The number of nitrogens with two attached hydrogens (primary N) is 1. The lowest BCUT2D eigenvalue weighted by atomic mass is 10.1. The first-order valence-electron chi connectivity index (χ1n) is 12.9. The molecular weight excluding hydrogens is 528 g/mol. The minimum Gasteiger partial charge on any atom is -0.397 e. The fourth-order valence-corrected chi connectivity index (χ4v) is 4.96. The monoisotopic (exact) mass is 564 g/mol. The summed E-state index contributed by atoms with van der Waals surface area (Å²) < 4.78 is 13.7. The van der Waals surface area contributed by atoms with Crippen molar-refractivity contribution >= 4 is 58.5 Å². The molecule has 0 aliphatic rings. The number of anilines is 3. The van der Waals surface area contributed by atoms with E-state index < -0.39 is 0 Å². The Hall–Kier alpha value is -3.62. The molecule has 0 bridgehead atoms. The third-order valence-electron chi connectivity index (χ3n) is 5.40. The number of carbonyl (C=O) groups is 1. The lowest BCUT2D eigenvalue weighted by molar-refractivity contribution is 0.102. The van der Waals surface area contributed by atoms with Crippen LogP contribution < -0.4 is 16.4 Å². The highest BCUT2D eigenvalue weighted by atomic mass is 32.2. The van der Waals surface area contributed by atoms with Crippen LogP contribution in [0.3, 0.4) is 0 Å². The minimum absolute atomic E-state index is 0.211. The Morgan fingerprint density at radius 1 is 1.03 bits per heavy atom. The van der Waals surface area contributed by atoms with Gasteiger partial charge in [0, 0.05) is 22.3 Å². The summed E-state index contributed by atoms with van der Waals surface area (Å²) in [7, 11) is 0. The summed E-state index contributed by atoms with van der Waals surface area (Å²) in [5, 5.41) is 8.20. The number of amides is 1. The molecule has 5 nitrogen and oxygen atoms in total. The molecule has 4 N–H and O–H groups in total. The van der Waals surface area contributed by atoms with Crippen molar-refractivity contribution in [1.29, 1.82) is 0 Å². The van der Waals surface area contributed by atoms with Crippen LogP contribution in [0.4, 0.5) is 27.1 Å². The molecule has 4 rings (SSSR count).